The van der Waals surface area contributed by atoms with E-state index >= 15 is 0 Å². The third-order valence-corrected chi connectivity index (χ3v) is 5.54. The van der Waals surface area contributed by atoms with Gasteiger partial charge in [-0.15, -0.1) is 0 Å². The van der Waals surface area contributed by atoms with Gasteiger partial charge in [-0.25, -0.2) is 0 Å². The Balaban J connectivity index is 0.00000225. The zero-order chi connectivity index (χ0) is 18.9. The lowest BCUT2D eigenvalue weighted by atomic mass is 9.82. The quantitative estimate of drug-likeness (QED) is 0.788. The third-order valence-electron chi connectivity index (χ3n) is 5.54. The summed E-state index contributed by atoms with van der Waals surface area (Å²) in [6.45, 7) is 3.28. The Kier molecular flexibility index (Phi) is 6.36. The predicted octanol–water partition coefficient (Wildman–Crippen LogP) is 0.777. The second-order valence-corrected chi connectivity index (χ2v) is 7.29. The highest BCUT2D eigenvalue weighted by Gasteiger charge is 2.31. The van der Waals surface area contributed by atoms with Gasteiger partial charge in [-0.05, 0) is 53.3 Å². The minimum atomic E-state index is -4.34. The summed E-state index contributed by atoms with van der Waals surface area (Å²) in [7, 11) is 0. The Labute approximate surface area is 169 Å². The van der Waals surface area contributed by atoms with Gasteiger partial charge in [0.15, 0.2) is 0 Å². The van der Waals surface area contributed by atoms with E-state index in [1.807, 2.05) is 0 Å². The van der Waals surface area contributed by atoms with E-state index in [0.29, 0.717) is 6.61 Å². The average Bonchev–Trinajstić information content (AvgIpc) is 2.67. The maximum absolute atomic E-state index is 12.8. The monoisotopic (exact) mass is 409 g/mol. The van der Waals surface area contributed by atoms with Gasteiger partial charge in [-0.2, -0.15) is 13.2 Å². The van der Waals surface area contributed by atoms with Crippen molar-refractivity contribution in [1.82, 2.24) is 0 Å². The average molecular weight is 410 g/mol. The summed E-state index contributed by atoms with van der Waals surface area (Å²) in [5, 5.41) is 0. The van der Waals surface area contributed by atoms with E-state index in [-0.39, 0.29) is 18.2 Å². The van der Waals surface area contributed by atoms with Gasteiger partial charge in [0, 0.05) is 6.42 Å². The van der Waals surface area contributed by atoms with Crippen molar-refractivity contribution >= 4 is 5.57 Å². The van der Waals surface area contributed by atoms with Crippen LogP contribution in [0.15, 0.2) is 54.1 Å². The second kappa shape index (κ2) is 8.58. The summed E-state index contributed by atoms with van der Waals surface area (Å²) in [5.74, 6) is 0.285. The maximum atomic E-state index is 12.8. The van der Waals surface area contributed by atoms with Crippen molar-refractivity contribution in [1.29, 1.82) is 0 Å². The Morgan fingerprint density at radius 2 is 1.79 bits per heavy atom. The van der Waals surface area contributed by atoms with Crippen LogP contribution < -0.4 is 22.0 Å². The smallest absolute Gasteiger partial charge is 0.416 e. The number of halogens is 4. The number of hydrogen-bond acceptors (Lipinski definition) is 1. The molecule has 28 heavy (non-hydrogen) atoms. The number of fused-ring (bicyclic) bond motifs is 2. The molecule has 1 unspecified atom stereocenters. The minimum Gasteiger partial charge on any atom is -1.00 e. The van der Waals surface area contributed by atoms with Crippen molar-refractivity contribution in [3.8, 4) is 5.75 Å². The molecule has 6 heteroatoms. The number of benzene rings is 2. The van der Waals surface area contributed by atoms with Crippen LogP contribution in [0.25, 0.3) is 5.57 Å². The van der Waals surface area contributed by atoms with Crippen LogP contribution in [0, 0.1) is 0 Å². The summed E-state index contributed by atoms with van der Waals surface area (Å²) in [4.78, 5) is 1.44. The Morgan fingerprint density at radius 3 is 2.61 bits per heavy atom. The number of nitrogens with one attached hydrogen (secondary N) is 1. The fourth-order valence-corrected chi connectivity index (χ4v) is 4.15. The SMILES string of the molecule is FC(F)(F)c1cccc(OCC[NH+]2CCC3=C(CCc4ccccc43)C2)c1.[Cl-]. The molecule has 2 nitrogen and oxygen atoms in total. The molecule has 4 rings (SSSR count). The van der Waals surface area contributed by atoms with Gasteiger partial charge in [0.2, 0.25) is 0 Å². The molecule has 1 aliphatic carbocycles. The molecule has 1 N–H and O–H groups in total. The van der Waals surface area contributed by atoms with Crippen molar-refractivity contribution in [2.45, 2.75) is 25.4 Å². The Bertz CT molecular complexity index is 863. The summed E-state index contributed by atoms with van der Waals surface area (Å²) in [6, 6.07) is 13.8. The van der Waals surface area contributed by atoms with Crippen LogP contribution in [-0.4, -0.2) is 26.2 Å². The van der Waals surface area contributed by atoms with Crippen LogP contribution in [0.4, 0.5) is 13.2 Å². The Morgan fingerprint density at radius 1 is 0.964 bits per heavy atom. The summed E-state index contributed by atoms with van der Waals surface area (Å²) < 4.78 is 43.9. The first-order valence-corrected chi connectivity index (χ1v) is 9.43. The summed E-state index contributed by atoms with van der Waals surface area (Å²) in [5.41, 5.74) is 5.25. The number of hydrogen-bond donors (Lipinski definition) is 1. The predicted molar refractivity (Wildman–Crippen MR) is 98.8 cm³/mol. The van der Waals surface area contributed by atoms with Crippen molar-refractivity contribution < 1.29 is 35.2 Å². The molecule has 0 saturated carbocycles. The fourth-order valence-electron chi connectivity index (χ4n) is 4.15. The van der Waals surface area contributed by atoms with Gasteiger partial charge >= 0.3 is 6.18 Å². The summed E-state index contributed by atoms with van der Waals surface area (Å²) in [6.07, 6.45) is -1.06. The number of aryl methyl sites for hydroxylation is 1. The lowest BCUT2D eigenvalue weighted by Gasteiger charge is -2.32. The maximum Gasteiger partial charge on any atom is 0.416 e. The van der Waals surface area contributed by atoms with Crippen LogP contribution >= 0.6 is 0 Å². The first kappa shape index (κ1) is 20.7. The normalized spacial score (nSPS) is 18.8. The summed E-state index contributed by atoms with van der Waals surface area (Å²) >= 11 is 0. The number of alkyl halides is 3. The molecule has 0 saturated heterocycles. The molecule has 2 aliphatic rings. The van der Waals surface area contributed by atoms with E-state index in [9.17, 15) is 13.2 Å². The second-order valence-electron chi connectivity index (χ2n) is 7.29. The van der Waals surface area contributed by atoms with E-state index in [4.69, 9.17) is 4.74 Å². The molecule has 0 fully saturated rings. The van der Waals surface area contributed by atoms with Crippen molar-refractivity contribution in [3.63, 3.8) is 0 Å². The van der Waals surface area contributed by atoms with E-state index < -0.39 is 11.7 Å². The third kappa shape index (κ3) is 4.53. The molecular formula is C22H23ClF3NO. The molecule has 2 aromatic carbocycles. The molecule has 0 bridgehead atoms. The molecule has 0 amide bonds. The number of quaternary nitrogens is 1. The fraction of sp³-hybridized carbons (Fsp3) is 0.364. The molecule has 150 valence electrons. The van der Waals surface area contributed by atoms with Crippen LogP contribution in [0.1, 0.15) is 29.5 Å². The highest BCUT2D eigenvalue weighted by molar-refractivity contribution is 5.73. The van der Waals surface area contributed by atoms with Crippen LogP contribution in [0.3, 0.4) is 0 Å². The van der Waals surface area contributed by atoms with E-state index in [1.165, 1.54) is 33.2 Å². The molecule has 1 atom stereocenters. The van der Waals surface area contributed by atoms with Gasteiger partial charge in [0.25, 0.3) is 0 Å². The molecule has 0 aromatic heterocycles. The highest BCUT2D eigenvalue weighted by Crippen LogP contribution is 2.34. The zero-order valence-corrected chi connectivity index (χ0v) is 16.2. The molecule has 0 radical (unpaired) electrons. The van der Waals surface area contributed by atoms with E-state index in [2.05, 4.69) is 24.3 Å². The lowest BCUT2D eigenvalue weighted by molar-refractivity contribution is -0.896. The molecule has 1 heterocycles. The molecule has 2 aromatic rings. The molecule has 0 spiro atoms. The van der Waals surface area contributed by atoms with Crippen molar-refractivity contribution in [2.24, 2.45) is 0 Å². The van der Waals surface area contributed by atoms with Gasteiger partial charge in [-0.3, -0.25) is 0 Å². The first-order chi connectivity index (χ1) is 13.0. The van der Waals surface area contributed by atoms with E-state index in [0.717, 1.165) is 51.0 Å². The van der Waals surface area contributed by atoms with Gasteiger partial charge in [-0.1, -0.05) is 30.3 Å². The van der Waals surface area contributed by atoms with Gasteiger partial charge in [0.05, 0.1) is 18.7 Å². The zero-order valence-electron chi connectivity index (χ0n) is 15.5. The highest BCUT2D eigenvalue weighted by atomic mass is 35.5. The Hall–Kier alpha value is -1.98. The number of ether oxygens (including phenoxy) is 1. The van der Waals surface area contributed by atoms with Crippen molar-refractivity contribution in [3.05, 3.63) is 70.8 Å². The first-order valence-electron chi connectivity index (χ1n) is 9.43. The lowest BCUT2D eigenvalue weighted by Crippen LogP contribution is -3.13. The molecular weight excluding hydrogens is 387 g/mol. The topological polar surface area (TPSA) is 13.7 Å². The van der Waals surface area contributed by atoms with Gasteiger partial charge in [0.1, 0.15) is 18.9 Å². The van der Waals surface area contributed by atoms with Crippen LogP contribution in [0.5, 0.6) is 5.75 Å². The largest absolute Gasteiger partial charge is 1.00 e. The van der Waals surface area contributed by atoms with Crippen LogP contribution in [0.2, 0.25) is 0 Å². The van der Waals surface area contributed by atoms with E-state index in [1.54, 1.807) is 6.07 Å². The number of rotatable bonds is 4. The standard InChI is InChI=1S/C22H22F3NO.ClH/c23-22(24,25)18-5-3-6-19(14-18)27-13-12-26-11-10-21-17(15-26)9-8-16-4-1-2-7-20(16)21;/h1-7,14H,8-13,15H2;1H. The van der Waals surface area contributed by atoms with Crippen LogP contribution in [-0.2, 0) is 12.6 Å². The molecule has 1 aliphatic heterocycles. The minimum absolute atomic E-state index is 0. The van der Waals surface area contributed by atoms with Gasteiger partial charge < -0.3 is 22.0 Å². The van der Waals surface area contributed by atoms with Crippen molar-refractivity contribution in [2.75, 3.05) is 26.2 Å².